The van der Waals surface area contributed by atoms with Crippen LogP contribution in [0.1, 0.15) is 161 Å². The van der Waals surface area contributed by atoms with Gasteiger partial charge in [-0.1, -0.05) is 20.8 Å². The number of allylic oxidation sites excluding steroid dienone is 2. The molecule has 0 radical (unpaired) electrons. The molecule has 2 aliphatic heterocycles. The molecular weight excluding hydrogens is 805 g/mol. The van der Waals surface area contributed by atoms with E-state index in [0.717, 1.165) is 50.4 Å². The SMILES string of the molecule is CCC1=C(C)c2cc3[nH]c(cc4nc(c(CC(=O)N(CC)NC(=O)C(N)CCCCNC(=O)OC(C)(C)C)c5[nH]c(cc1n2)c(C)c5C(=O)O)C(CCC(=O)O)C4C)c(C)c3CC. The van der Waals surface area contributed by atoms with Gasteiger partial charge in [-0.3, -0.25) is 29.8 Å². The molecule has 2 aliphatic rings. The highest BCUT2D eigenvalue weighted by atomic mass is 16.6. The number of carbonyl (C=O) groups excluding carboxylic acids is 3. The van der Waals surface area contributed by atoms with Gasteiger partial charge in [0.25, 0.3) is 5.91 Å². The Kier molecular flexibility index (Phi) is 15.2. The predicted octanol–water partition coefficient (Wildman–Crippen LogP) is 7.73. The highest BCUT2D eigenvalue weighted by Crippen LogP contribution is 2.43. The lowest BCUT2D eigenvalue weighted by molar-refractivity contribution is -0.141. The number of nitrogens with two attached hydrogens (primary N) is 1. The number of nitrogens with zero attached hydrogens (tertiary/aromatic N) is 3. The van der Waals surface area contributed by atoms with Gasteiger partial charge in [0.1, 0.15) is 5.60 Å². The van der Waals surface area contributed by atoms with E-state index in [1.54, 1.807) is 34.6 Å². The molecule has 3 amide bonds. The summed E-state index contributed by atoms with van der Waals surface area (Å²) < 4.78 is 5.26. The number of unbranched alkanes of at least 4 members (excludes halogenated alkanes) is 1. The van der Waals surface area contributed by atoms with Gasteiger partial charge in [-0.05, 0) is 133 Å². The molecule has 0 fully saturated rings. The van der Waals surface area contributed by atoms with Crippen LogP contribution in [-0.2, 0) is 32.0 Å². The van der Waals surface area contributed by atoms with Crippen LogP contribution in [0.15, 0.2) is 18.2 Å². The second-order valence-corrected chi connectivity index (χ2v) is 17.5. The van der Waals surface area contributed by atoms with E-state index in [4.69, 9.17) is 20.4 Å². The maximum Gasteiger partial charge on any atom is 0.407 e. The van der Waals surface area contributed by atoms with Gasteiger partial charge in [-0.15, -0.1) is 0 Å². The fourth-order valence-corrected chi connectivity index (χ4v) is 8.51. The molecule has 8 N–H and O–H groups in total. The van der Waals surface area contributed by atoms with E-state index in [-0.39, 0.29) is 54.8 Å². The summed E-state index contributed by atoms with van der Waals surface area (Å²) in [5.74, 6) is -4.19. The van der Waals surface area contributed by atoms with Crippen molar-refractivity contribution in [3.8, 4) is 0 Å². The first-order valence-corrected chi connectivity index (χ1v) is 21.9. The zero-order valence-corrected chi connectivity index (χ0v) is 38.3. The number of carboxylic acid groups (broad SMARTS) is 2. The molecule has 340 valence electrons. The van der Waals surface area contributed by atoms with Gasteiger partial charge < -0.3 is 36.0 Å². The van der Waals surface area contributed by atoms with E-state index in [2.05, 4.69) is 33.7 Å². The molecule has 3 atom stereocenters. The normalized spacial score (nSPS) is 15.5. The average molecular weight is 869 g/mol. The average Bonchev–Trinajstić information content (AvgIpc) is 3.89. The van der Waals surface area contributed by atoms with E-state index in [9.17, 15) is 34.2 Å². The van der Waals surface area contributed by atoms with E-state index in [1.165, 1.54) is 0 Å². The van der Waals surface area contributed by atoms with Gasteiger partial charge in [0.2, 0.25) is 5.91 Å². The Morgan fingerprint density at radius 2 is 1.59 bits per heavy atom. The third-order valence-corrected chi connectivity index (χ3v) is 12.0. The number of likely N-dealkylation sites (N-methyl/N-ethyl adjacent to an activating group) is 1. The number of rotatable bonds is 15. The molecule has 16 nitrogen and oxygen atoms in total. The number of aromatic amines is 2. The number of amides is 3. The Labute approximate surface area is 368 Å². The first-order valence-electron chi connectivity index (χ1n) is 21.9. The number of hydrazine groups is 1. The first-order chi connectivity index (χ1) is 29.7. The number of carbonyl (C=O) groups is 5. The van der Waals surface area contributed by atoms with Crippen LogP contribution in [-0.4, -0.2) is 89.7 Å². The number of carboxylic acids is 2. The summed E-state index contributed by atoms with van der Waals surface area (Å²) in [6.07, 6.45) is 1.83. The first kappa shape index (κ1) is 48.0. The second-order valence-electron chi connectivity index (χ2n) is 17.5. The zero-order chi connectivity index (χ0) is 46.5. The number of hydrogen-bond donors (Lipinski definition) is 7. The number of H-pyrrole nitrogens is 2. The molecule has 0 saturated heterocycles. The van der Waals surface area contributed by atoms with Crippen LogP contribution in [0, 0.1) is 13.8 Å². The number of hydrogen-bond acceptors (Lipinski definition) is 9. The predicted molar refractivity (Wildman–Crippen MR) is 243 cm³/mol. The minimum Gasteiger partial charge on any atom is -0.481 e. The molecular formula is C47H64N8O8. The number of nitrogens with one attached hydrogen (secondary N) is 4. The third kappa shape index (κ3) is 11.0. The summed E-state index contributed by atoms with van der Waals surface area (Å²) in [4.78, 5) is 82.4. The summed E-state index contributed by atoms with van der Waals surface area (Å²) in [6.45, 7) is 19.3. The summed E-state index contributed by atoms with van der Waals surface area (Å²) in [7, 11) is 0. The molecule has 0 aliphatic carbocycles. The van der Waals surface area contributed by atoms with Crippen LogP contribution in [0.3, 0.4) is 0 Å². The van der Waals surface area contributed by atoms with Crippen molar-refractivity contribution in [3.05, 3.63) is 68.8 Å². The van der Waals surface area contributed by atoms with Crippen molar-refractivity contribution in [1.29, 1.82) is 0 Å². The summed E-state index contributed by atoms with van der Waals surface area (Å²) in [6, 6.07) is 4.89. The van der Waals surface area contributed by atoms with Crippen LogP contribution in [0.25, 0.3) is 33.2 Å². The van der Waals surface area contributed by atoms with Crippen LogP contribution in [0.5, 0.6) is 0 Å². The van der Waals surface area contributed by atoms with Crippen molar-refractivity contribution in [2.75, 3.05) is 13.1 Å². The Hall–Kier alpha value is -6.03. The number of ether oxygens (including phenoxy) is 1. The van der Waals surface area contributed by atoms with Crippen LogP contribution >= 0.6 is 0 Å². The molecule has 16 heteroatoms. The van der Waals surface area contributed by atoms with E-state index < -0.39 is 47.4 Å². The van der Waals surface area contributed by atoms with Gasteiger partial charge in [-0.25, -0.2) is 14.6 Å². The highest BCUT2D eigenvalue weighted by Gasteiger charge is 2.34. The van der Waals surface area contributed by atoms with Crippen molar-refractivity contribution >= 4 is 63.1 Å². The lowest BCUT2D eigenvalue weighted by Gasteiger charge is -2.24. The van der Waals surface area contributed by atoms with Crippen LogP contribution < -0.4 is 16.5 Å². The number of aromatic nitrogens is 4. The van der Waals surface area contributed by atoms with Gasteiger partial charge in [0.05, 0.1) is 40.6 Å². The minimum atomic E-state index is -1.23. The van der Waals surface area contributed by atoms with Crippen molar-refractivity contribution in [1.82, 2.24) is 35.7 Å². The monoisotopic (exact) mass is 868 g/mol. The quantitative estimate of drug-likeness (QED) is 0.0575. The standard InChI is InChI=1S/C47H64N8O8/c1-11-28-24(4)33-21-35-26(6)30(17-18-40(57)58)42(52-35)31(20-39(56)55(13-3)54-44(59)32(48)16-14-15-19-49-46(62)63-47(8,9)10)43-41(45(60)61)27(7)36(53-43)23-38-29(12-2)25(5)34(51-38)22-37(28)50-33/h21-23,26,30,32,50,53H,11-20,48H2,1-10H3,(H,49,62)(H,54,59)(H,57,58)(H,60,61). The Morgan fingerprint density at radius 1 is 0.905 bits per heavy atom. The number of aliphatic carboxylic acids is 1. The maximum absolute atomic E-state index is 14.5. The molecule has 0 saturated carbocycles. The van der Waals surface area contributed by atoms with Crippen LogP contribution in [0.2, 0.25) is 0 Å². The summed E-state index contributed by atoms with van der Waals surface area (Å²) in [5, 5.41) is 24.5. The van der Waals surface area contributed by atoms with Crippen molar-refractivity contribution in [3.63, 3.8) is 0 Å². The number of alkyl carbamates (subject to hydrolysis) is 1. The van der Waals surface area contributed by atoms with Gasteiger partial charge >= 0.3 is 18.0 Å². The number of fused-ring (bicyclic) bond motifs is 8. The van der Waals surface area contributed by atoms with Crippen molar-refractivity contribution < 1.29 is 38.9 Å². The zero-order valence-electron chi connectivity index (χ0n) is 38.3. The highest BCUT2D eigenvalue weighted by molar-refractivity contribution is 6.03. The Morgan fingerprint density at radius 3 is 2.21 bits per heavy atom. The Balaban J connectivity index is 1.65. The molecule has 3 unspecified atom stereocenters. The second kappa shape index (κ2) is 20.0. The molecule has 0 aromatic carbocycles. The molecule has 3 aromatic rings. The molecule has 3 aromatic heterocycles. The van der Waals surface area contributed by atoms with E-state index >= 15 is 0 Å². The van der Waals surface area contributed by atoms with Gasteiger partial charge in [-0.2, -0.15) is 0 Å². The molecule has 8 bridgehead atoms. The van der Waals surface area contributed by atoms with E-state index in [0.29, 0.717) is 54.0 Å². The minimum absolute atomic E-state index is 0.0569. The number of aromatic carboxylic acids is 1. The number of aryl methyl sites for hydroxylation is 3. The smallest absolute Gasteiger partial charge is 0.407 e. The summed E-state index contributed by atoms with van der Waals surface area (Å²) in [5.41, 5.74) is 18.1. The Bertz CT molecular complexity index is 2480. The van der Waals surface area contributed by atoms with Gasteiger partial charge in [0.15, 0.2) is 0 Å². The lowest BCUT2D eigenvalue weighted by atomic mass is 9.85. The lowest BCUT2D eigenvalue weighted by Crippen LogP contribution is -2.52. The fraction of sp³-hybridized carbons (Fsp3) is 0.511. The maximum atomic E-state index is 14.5. The van der Waals surface area contributed by atoms with Crippen molar-refractivity contribution in [2.45, 2.75) is 144 Å². The molecule has 63 heavy (non-hydrogen) atoms. The molecule has 0 spiro atoms. The summed E-state index contributed by atoms with van der Waals surface area (Å²) >= 11 is 0. The molecule has 5 heterocycles. The molecule has 5 rings (SSSR count). The fourth-order valence-electron chi connectivity index (χ4n) is 8.51. The largest absolute Gasteiger partial charge is 0.481 e. The topological polar surface area (TPSA) is 246 Å². The van der Waals surface area contributed by atoms with Gasteiger partial charge in [0, 0.05) is 59.2 Å². The van der Waals surface area contributed by atoms with Crippen molar-refractivity contribution in [2.24, 2.45) is 5.73 Å². The third-order valence-electron chi connectivity index (χ3n) is 12.0. The van der Waals surface area contributed by atoms with Crippen LogP contribution in [0.4, 0.5) is 4.79 Å². The van der Waals surface area contributed by atoms with E-state index in [1.807, 2.05) is 39.8 Å².